The molecule has 1 aliphatic heterocycles. The summed E-state index contributed by atoms with van der Waals surface area (Å²) in [6, 6.07) is 12.0. The Morgan fingerprint density at radius 2 is 1.74 bits per heavy atom. The summed E-state index contributed by atoms with van der Waals surface area (Å²) in [6.45, 7) is 3.97. The van der Waals surface area contributed by atoms with Crippen LogP contribution < -0.4 is 9.64 Å². The molecule has 5 heteroatoms. The summed E-state index contributed by atoms with van der Waals surface area (Å²) in [5.41, 5.74) is 1.11. The van der Waals surface area contributed by atoms with Crippen LogP contribution in [0.25, 0.3) is 0 Å². The number of ether oxygens (including phenoxy) is 1. The molecule has 3 rings (SSSR count). The lowest BCUT2D eigenvalue weighted by Crippen LogP contribution is -2.49. The molecule has 1 aromatic carbocycles. The van der Waals surface area contributed by atoms with Gasteiger partial charge in [0.25, 0.3) is 0 Å². The Labute approximate surface area is 137 Å². The van der Waals surface area contributed by atoms with Crippen molar-refractivity contribution in [1.82, 2.24) is 9.47 Å². The molecule has 1 saturated heterocycles. The van der Waals surface area contributed by atoms with E-state index < -0.39 is 0 Å². The Morgan fingerprint density at radius 1 is 1.04 bits per heavy atom. The summed E-state index contributed by atoms with van der Waals surface area (Å²) in [6.07, 6.45) is 4.54. The third kappa shape index (κ3) is 3.67. The zero-order valence-electron chi connectivity index (χ0n) is 13.5. The second kappa shape index (κ2) is 7.22. The first-order valence-electron chi connectivity index (χ1n) is 8.04. The van der Waals surface area contributed by atoms with Gasteiger partial charge in [-0.3, -0.25) is 4.79 Å². The SMILES string of the molecule is COc1ccccc1N1CCN(C(=O)CCn2cccc2)CC1. The van der Waals surface area contributed by atoms with Gasteiger partial charge in [0.15, 0.2) is 0 Å². The van der Waals surface area contributed by atoms with Crippen LogP contribution in [0.5, 0.6) is 5.75 Å². The minimum atomic E-state index is 0.235. The number of aryl methyl sites for hydroxylation is 1. The van der Waals surface area contributed by atoms with E-state index in [0.717, 1.165) is 44.2 Å². The highest BCUT2D eigenvalue weighted by Crippen LogP contribution is 2.28. The van der Waals surface area contributed by atoms with Gasteiger partial charge in [0, 0.05) is 51.5 Å². The summed E-state index contributed by atoms with van der Waals surface area (Å²) < 4.78 is 7.47. The number of aromatic nitrogens is 1. The molecule has 0 radical (unpaired) electrons. The Bertz CT molecular complexity index is 631. The molecule has 0 bridgehead atoms. The van der Waals surface area contributed by atoms with Crippen molar-refractivity contribution >= 4 is 11.6 Å². The smallest absolute Gasteiger partial charge is 0.224 e. The highest BCUT2D eigenvalue weighted by molar-refractivity contribution is 5.76. The van der Waals surface area contributed by atoms with Gasteiger partial charge in [-0.25, -0.2) is 0 Å². The first-order chi connectivity index (χ1) is 11.3. The van der Waals surface area contributed by atoms with E-state index in [1.54, 1.807) is 7.11 Å². The monoisotopic (exact) mass is 313 g/mol. The van der Waals surface area contributed by atoms with E-state index in [9.17, 15) is 4.79 Å². The minimum absolute atomic E-state index is 0.235. The van der Waals surface area contributed by atoms with Crippen LogP contribution in [-0.4, -0.2) is 48.7 Å². The van der Waals surface area contributed by atoms with Gasteiger partial charge in [0.1, 0.15) is 5.75 Å². The minimum Gasteiger partial charge on any atom is -0.495 e. The lowest BCUT2D eigenvalue weighted by molar-refractivity contribution is -0.131. The van der Waals surface area contributed by atoms with Gasteiger partial charge >= 0.3 is 0 Å². The molecule has 0 spiro atoms. The molecule has 2 heterocycles. The van der Waals surface area contributed by atoms with Crippen LogP contribution in [0.1, 0.15) is 6.42 Å². The number of carbonyl (C=O) groups is 1. The average Bonchev–Trinajstić information content (AvgIpc) is 3.13. The Morgan fingerprint density at radius 3 is 2.43 bits per heavy atom. The van der Waals surface area contributed by atoms with E-state index in [1.807, 2.05) is 52.2 Å². The van der Waals surface area contributed by atoms with Crippen molar-refractivity contribution in [3.63, 3.8) is 0 Å². The predicted molar refractivity (Wildman–Crippen MR) is 90.8 cm³/mol. The molecule has 1 aromatic heterocycles. The fraction of sp³-hybridized carbons (Fsp3) is 0.389. The number of carbonyl (C=O) groups excluding carboxylic acids is 1. The van der Waals surface area contributed by atoms with E-state index in [-0.39, 0.29) is 5.91 Å². The lowest BCUT2D eigenvalue weighted by Gasteiger charge is -2.36. The fourth-order valence-electron chi connectivity index (χ4n) is 2.99. The van der Waals surface area contributed by atoms with Crippen molar-refractivity contribution in [3.8, 4) is 5.75 Å². The van der Waals surface area contributed by atoms with Crippen LogP contribution in [0.4, 0.5) is 5.69 Å². The first kappa shape index (κ1) is 15.5. The number of methoxy groups -OCH3 is 1. The molecule has 2 aromatic rings. The maximum absolute atomic E-state index is 12.3. The zero-order chi connectivity index (χ0) is 16.1. The number of rotatable bonds is 5. The summed E-state index contributed by atoms with van der Waals surface area (Å²) >= 11 is 0. The lowest BCUT2D eigenvalue weighted by atomic mass is 10.2. The predicted octanol–water partition coefficient (Wildman–Crippen LogP) is 2.24. The normalized spacial score (nSPS) is 14.8. The number of piperazine rings is 1. The van der Waals surface area contributed by atoms with Crippen molar-refractivity contribution in [3.05, 3.63) is 48.8 Å². The molecular weight excluding hydrogens is 290 g/mol. The molecule has 1 aliphatic rings. The van der Waals surface area contributed by atoms with Crippen molar-refractivity contribution in [2.75, 3.05) is 38.2 Å². The van der Waals surface area contributed by atoms with Crippen molar-refractivity contribution in [2.45, 2.75) is 13.0 Å². The largest absolute Gasteiger partial charge is 0.495 e. The van der Waals surface area contributed by atoms with Crippen molar-refractivity contribution < 1.29 is 9.53 Å². The van der Waals surface area contributed by atoms with Crippen LogP contribution in [0.3, 0.4) is 0 Å². The number of hydrogen-bond acceptors (Lipinski definition) is 3. The third-order valence-electron chi connectivity index (χ3n) is 4.31. The molecule has 1 amide bonds. The molecule has 122 valence electrons. The molecule has 5 nitrogen and oxygen atoms in total. The van der Waals surface area contributed by atoms with Crippen molar-refractivity contribution in [2.24, 2.45) is 0 Å². The van der Waals surface area contributed by atoms with Crippen LogP contribution in [-0.2, 0) is 11.3 Å². The van der Waals surface area contributed by atoms with E-state index in [1.165, 1.54) is 0 Å². The summed E-state index contributed by atoms with van der Waals surface area (Å²) in [5, 5.41) is 0. The highest BCUT2D eigenvalue weighted by Gasteiger charge is 2.22. The number of benzene rings is 1. The number of para-hydroxylation sites is 2. The maximum Gasteiger partial charge on any atom is 0.224 e. The quantitative estimate of drug-likeness (QED) is 0.849. The standard InChI is InChI=1S/C18H23N3O2/c1-23-17-7-3-2-6-16(17)20-12-14-21(15-13-20)18(22)8-11-19-9-4-5-10-19/h2-7,9-10H,8,11-15H2,1H3. The Kier molecular flexibility index (Phi) is 4.86. The summed E-state index contributed by atoms with van der Waals surface area (Å²) in [4.78, 5) is 16.6. The van der Waals surface area contributed by atoms with Gasteiger partial charge in [0.2, 0.25) is 5.91 Å². The molecule has 0 saturated carbocycles. The Balaban J connectivity index is 1.52. The number of hydrogen-bond donors (Lipinski definition) is 0. The molecule has 0 N–H and O–H groups in total. The van der Waals surface area contributed by atoms with Crippen molar-refractivity contribution in [1.29, 1.82) is 0 Å². The van der Waals surface area contributed by atoms with Crippen LogP contribution in [0, 0.1) is 0 Å². The third-order valence-corrected chi connectivity index (χ3v) is 4.31. The van der Waals surface area contributed by atoms with Crippen LogP contribution >= 0.6 is 0 Å². The summed E-state index contributed by atoms with van der Waals surface area (Å²) in [7, 11) is 1.69. The average molecular weight is 313 g/mol. The van der Waals surface area contributed by atoms with Crippen LogP contribution in [0.15, 0.2) is 48.8 Å². The molecular formula is C18H23N3O2. The number of anilines is 1. The summed E-state index contributed by atoms with van der Waals surface area (Å²) in [5.74, 6) is 1.12. The van der Waals surface area contributed by atoms with E-state index in [0.29, 0.717) is 6.42 Å². The molecule has 23 heavy (non-hydrogen) atoms. The molecule has 0 aliphatic carbocycles. The second-order valence-corrected chi connectivity index (χ2v) is 5.71. The van der Waals surface area contributed by atoms with E-state index in [2.05, 4.69) is 11.0 Å². The maximum atomic E-state index is 12.3. The first-order valence-corrected chi connectivity index (χ1v) is 8.04. The fourth-order valence-corrected chi connectivity index (χ4v) is 2.99. The van der Waals surface area contributed by atoms with Gasteiger partial charge in [0.05, 0.1) is 12.8 Å². The van der Waals surface area contributed by atoms with Crippen LogP contribution in [0.2, 0.25) is 0 Å². The molecule has 0 unspecified atom stereocenters. The Hall–Kier alpha value is -2.43. The van der Waals surface area contributed by atoms with E-state index >= 15 is 0 Å². The van der Waals surface area contributed by atoms with Gasteiger partial charge < -0.3 is 19.1 Å². The highest BCUT2D eigenvalue weighted by atomic mass is 16.5. The van der Waals surface area contributed by atoms with Gasteiger partial charge in [-0.05, 0) is 24.3 Å². The topological polar surface area (TPSA) is 37.7 Å². The number of nitrogens with zero attached hydrogens (tertiary/aromatic N) is 3. The second-order valence-electron chi connectivity index (χ2n) is 5.71. The molecule has 1 fully saturated rings. The molecule has 0 atom stereocenters. The zero-order valence-corrected chi connectivity index (χ0v) is 13.5. The van der Waals surface area contributed by atoms with Gasteiger partial charge in [-0.1, -0.05) is 12.1 Å². The number of amides is 1. The van der Waals surface area contributed by atoms with Gasteiger partial charge in [-0.15, -0.1) is 0 Å². The van der Waals surface area contributed by atoms with Gasteiger partial charge in [-0.2, -0.15) is 0 Å². The van der Waals surface area contributed by atoms with E-state index in [4.69, 9.17) is 4.74 Å².